The van der Waals surface area contributed by atoms with E-state index in [9.17, 15) is 4.79 Å². The summed E-state index contributed by atoms with van der Waals surface area (Å²) in [5, 5.41) is 0. The first-order chi connectivity index (χ1) is 11.6. The lowest BCUT2D eigenvalue weighted by Crippen LogP contribution is -2.34. The van der Waals surface area contributed by atoms with Crippen molar-refractivity contribution in [3.63, 3.8) is 0 Å². The van der Waals surface area contributed by atoms with Gasteiger partial charge in [-0.3, -0.25) is 4.79 Å². The molecule has 0 aromatic heterocycles. The largest absolute Gasteiger partial charge is 0.374 e. The number of rotatable bonds is 13. The summed E-state index contributed by atoms with van der Waals surface area (Å²) in [6.45, 7) is 11.5. The number of unbranched alkanes of at least 4 members (excludes halogenated alkanes) is 2. The van der Waals surface area contributed by atoms with Crippen molar-refractivity contribution in [1.82, 2.24) is 4.90 Å². The average molecular weight is 336 g/mol. The molecule has 1 rings (SSSR count). The lowest BCUT2D eigenvalue weighted by atomic mass is 9.93. The summed E-state index contributed by atoms with van der Waals surface area (Å²) in [5.41, 5.74) is 1.33. The molecule has 0 aromatic rings. The highest BCUT2D eigenvalue weighted by Crippen LogP contribution is 2.26. The topological polar surface area (TPSA) is 20.3 Å². The van der Waals surface area contributed by atoms with Crippen molar-refractivity contribution in [3.8, 4) is 0 Å². The third kappa shape index (κ3) is 7.85. The summed E-state index contributed by atoms with van der Waals surface area (Å²) in [7, 11) is 0. The van der Waals surface area contributed by atoms with Crippen molar-refractivity contribution in [3.05, 3.63) is 11.8 Å². The summed E-state index contributed by atoms with van der Waals surface area (Å²) in [4.78, 5) is 14.5. The van der Waals surface area contributed by atoms with E-state index in [1.807, 2.05) is 6.08 Å². The van der Waals surface area contributed by atoms with Gasteiger partial charge in [-0.1, -0.05) is 66.2 Å². The molecule has 0 aromatic carbocycles. The lowest BCUT2D eigenvalue weighted by Gasteiger charge is -2.35. The van der Waals surface area contributed by atoms with Crippen LogP contribution in [0.1, 0.15) is 98.3 Å². The molecular formula is C22H41NO. The van der Waals surface area contributed by atoms with Crippen LogP contribution in [-0.2, 0) is 4.79 Å². The Morgan fingerprint density at radius 2 is 1.46 bits per heavy atom. The second-order valence-corrected chi connectivity index (χ2v) is 7.69. The molecule has 1 aliphatic carbocycles. The first kappa shape index (κ1) is 21.3. The predicted octanol–water partition coefficient (Wildman–Crippen LogP) is 6.36. The lowest BCUT2D eigenvalue weighted by molar-refractivity contribution is -0.115. The average Bonchev–Trinajstić information content (AvgIpc) is 2.60. The van der Waals surface area contributed by atoms with Gasteiger partial charge >= 0.3 is 0 Å². The zero-order chi connectivity index (χ0) is 17.8. The van der Waals surface area contributed by atoms with Crippen molar-refractivity contribution >= 4 is 5.78 Å². The number of carbonyl (C=O) groups excluding carboxylic acids is 1. The quantitative estimate of drug-likeness (QED) is 0.390. The van der Waals surface area contributed by atoms with E-state index in [2.05, 4.69) is 32.6 Å². The van der Waals surface area contributed by atoms with Gasteiger partial charge in [0.2, 0.25) is 0 Å². The summed E-state index contributed by atoms with van der Waals surface area (Å²) >= 11 is 0. The molecule has 140 valence electrons. The fourth-order valence-electron chi connectivity index (χ4n) is 3.79. The van der Waals surface area contributed by atoms with Gasteiger partial charge in [0.05, 0.1) is 0 Å². The van der Waals surface area contributed by atoms with E-state index in [0.29, 0.717) is 5.78 Å². The fourth-order valence-corrected chi connectivity index (χ4v) is 3.79. The number of hydrogen-bond acceptors (Lipinski definition) is 2. The molecule has 2 nitrogen and oxygen atoms in total. The molecule has 0 saturated carbocycles. The van der Waals surface area contributed by atoms with Crippen LogP contribution in [0.25, 0.3) is 0 Å². The minimum absolute atomic E-state index is 0.337. The highest BCUT2D eigenvalue weighted by molar-refractivity contribution is 5.91. The van der Waals surface area contributed by atoms with Crippen molar-refractivity contribution in [2.75, 3.05) is 13.1 Å². The fraction of sp³-hybridized carbons (Fsp3) is 0.864. The Bertz CT molecular complexity index is 356. The van der Waals surface area contributed by atoms with E-state index in [-0.39, 0.29) is 0 Å². The normalized spacial score (nSPS) is 17.5. The minimum Gasteiger partial charge on any atom is -0.374 e. The molecule has 2 unspecified atom stereocenters. The van der Waals surface area contributed by atoms with Crippen LogP contribution in [-0.4, -0.2) is 23.8 Å². The molecule has 2 heteroatoms. The van der Waals surface area contributed by atoms with Gasteiger partial charge in [-0.25, -0.2) is 0 Å². The molecule has 0 fully saturated rings. The molecule has 1 aliphatic rings. The second kappa shape index (κ2) is 12.6. The van der Waals surface area contributed by atoms with E-state index in [0.717, 1.165) is 44.2 Å². The molecule has 2 atom stereocenters. The maximum absolute atomic E-state index is 11.9. The number of nitrogens with zero attached hydrogens (tertiary/aromatic N) is 1. The van der Waals surface area contributed by atoms with Crippen LogP contribution in [0.15, 0.2) is 11.8 Å². The Balaban J connectivity index is 2.79. The number of ketones is 1. The van der Waals surface area contributed by atoms with Crippen LogP contribution in [0.2, 0.25) is 0 Å². The third-order valence-corrected chi connectivity index (χ3v) is 5.63. The van der Waals surface area contributed by atoms with E-state index in [4.69, 9.17) is 0 Å². The molecule has 0 amide bonds. The van der Waals surface area contributed by atoms with Crippen LogP contribution in [0.4, 0.5) is 0 Å². The minimum atomic E-state index is 0.337. The van der Waals surface area contributed by atoms with Crippen molar-refractivity contribution < 1.29 is 4.79 Å². The molecule has 0 N–H and O–H groups in total. The van der Waals surface area contributed by atoms with Gasteiger partial charge in [0, 0.05) is 31.3 Å². The molecule has 0 saturated heterocycles. The zero-order valence-corrected chi connectivity index (χ0v) is 16.8. The van der Waals surface area contributed by atoms with E-state index in [1.54, 1.807) is 0 Å². The molecule has 0 bridgehead atoms. The summed E-state index contributed by atoms with van der Waals surface area (Å²) in [6.07, 6.45) is 15.2. The smallest absolute Gasteiger partial charge is 0.157 e. The molecular weight excluding hydrogens is 294 g/mol. The Kier molecular flexibility index (Phi) is 11.1. The maximum atomic E-state index is 11.9. The molecule has 0 radical (unpaired) electrons. The van der Waals surface area contributed by atoms with Crippen LogP contribution < -0.4 is 0 Å². The monoisotopic (exact) mass is 335 g/mol. The van der Waals surface area contributed by atoms with Crippen molar-refractivity contribution in [2.45, 2.75) is 98.3 Å². The second-order valence-electron chi connectivity index (χ2n) is 7.69. The van der Waals surface area contributed by atoms with E-state index in [1.165, 1.54) is 57.1 Å². The Hall–Kier alpha value is -0.790. The van der Waals surface area contributed by atoms with Gasteiger partial charge in [0.25, 0.3) is 0 Å². The van der Waals surface area contributed by atoms with Gasteiger partial charge in [-0.15, -0.1) is 0 Å². The van der Waals surface area contributed by atoms with Crippen molar-refractivity contribution in [1.29, 1.82) is 0 Å². The summed E-state index contributed by atoms with van der Waals surface area (Å²) in [6, 6.07) is 0. The third-order valence-electron chi connectivity index (χ3n) is 5.63. The summed E-state index contributed by atoms with van der Waals surface area (Å²) < 4.78 is 0. The first-order valence-electron chi connectivity index (χ1n) is 10.6. The predicted molar refractivity (Wildman–Crippen MR) is 105 cm³/mol. The standard InChI is InChI=1S/C22H41NO/c1-5-9-12-19(7-3)17-23(18-20(8-4)13-10-6-2)21-14-11-15-22(24)16-21/h16,19-20H,5-15,17-18H2,1-4H3. The van der Waals surface area contributed by atoms with Gasteiger partial charge in [-0.05, 0) is 37.5 Å². The zero-order valence-electron chi connectivity index (χ0n) is 16.8. The van der Waals surface area contributed by atoms with Crippen LogP contribution in [0, 0.1) is 11.8 Å². The van der Waals surface area contributed by atoms with Gasteiger partial charge in [0.1, 0.15) is 0 Å². The van der Waals surface area contributed by atoms with Crippen LogP contribution >= 0.6 is 0 Å². The van der Waals surface area contributed by atoms with Crippen LogP contribution in [0.3, 0.4) is 0 Å². The number of carbonyl (C=O) groups is 1. The molecule has 0 aliphatic heterocycles. The van der Waals surface area contributed by atoms with E-state index < -0.39 is 0 Å². The van der Waals surface area contributed by atoms with Gasteiger partial charge in [0.15, 0.2) is 5.78 Å². The summed E-state index contributed by atoms with van der Waals surface area (Å²) in [5.74, 6) is 1.88. The maximum Gasteiger partial charge on any atom is 0.157 e. The first-order valence-corrected chi connectivity index (χ1v) is 10.6. The molecule has 0 spiro atoms. The highest BCUT2D eigenvalue weighted by Gasteiger charge is 2.21. The Labute approximate surface area is 151 Å². The van der Waals surface area contributed by atoms with E-state index >= 15 is 0 Å². The van der Waals surface area contributed by atoms with Crippen LogP contribution in [0.5, 0.6) is 0 Å². The SMILES string of the molecule is CCCCC(CC)CN(CC(CC)CCCC)C1=CC(=O)CCC1. The Morgan fingerprint density at radius 3 is 1.88 bits per heavy atom. The number of hydrogen-bond donors (Lipinski definition) is 0. The number of allylic oxidation sites excluding steroid dienone is 2. The molecule has 24 heavy (non-hydrogen) atoms. The highest BCUT2D eigenvalue weighted by atomic mass is 16.1. The van der Waals surface area contributed by atoms with Crippen molar-refractivity contribution in [2.24, 2.45) is 11.8 Å². The Morgan fingerprint density at radius 1 is 0.917 bits per heavy atom. The van der Waals surface area contributed by atoms with Gasteiger partial charge in [-0.2, -0.15) is 0 Å². The molecule has 0 heterocycles. The van der Waals surface area contributed by atoms with Gasteiger partial charge < -0.3 is 4.90 Å².